The summed E-state index contributed by atoms with van der Waals surface area (Å²) < 4.78 is 24.5. The van der Waals surface area contributed by atoms with Gasteiger partial charge in [-0.2, -0.15) is 0 Å². The second-order valence-electron chi connectivity index (χ2n) is 13.4. The third-order valence-corrected chi connectivity index (χ3v) is 8.43. The fraction of sp³-hybridized carbons (Fsp3) is 0.455. The zero-order chi connectivity index (χ0) is 30.0. The maximum absolute atomic E-state index is 12.8. The molecule has 6 rings (SSSR count). The van der Waals surface area contributed by atoms with Crippen molar-refractivity contribution in [3.63, 3.8) is 0 Å². The van der Waals surface area contributed by atoms with Crippen molar-refractivity contribution in [2.45, 2.75) is 91.8 Å². The van der Waals surface area contributed by atoms with Gasteiger partial charge in [0.15, 0.2) is 0 Å². The number of carbonyl (C=O) groups is 1. The highest BCUT2D eigenvalue weighted by atomic mass is 16.7. The molecule has 1 N–H and O–H groups in total. The zero-order valence-electron chi connectivity index (χ0n) is 25.9. The molecule has 220 valence electrons. The van der Waals surface area contributed by atoms with Crippen LogP contribution in [0.25, 0.3) is 32.9 Å². The molecule has 0 saturated carbocycles. The number of aromatic amines is 1. The molecule has 8 nitrogen and oxygen atoms in total. The molecule has 0 aliphatic carbocycles. The summed E-state index contributed by atoms with van der Waals surface area (Å²) in [6.45, 7) is 17.3. The summed E-state index contributed by atoms with van der Waals surface area (Å²) in [5, 5.41) is 2.08. The molecule has 1 amide bonds. The van der Waals surface area contributed by atoms with E-state index in [1.54, 1.807) is 4.90 Å². The number of nitrogens with one attached hydrogen (secondary N) is 1. The lowest BCUT2D eigenvalue weighted by Crippen LogP contribution is -2.41. The first-order chi connectivity index (χ1) is 19.7. The van der Waals surface area contributed by atoms with Gasteiger partial charge in [-0.15, -0.1) is 0 Å². The van der Waals surface area contributed by atoms with E-state index in [-0.39, 0.29) is 6.09 Å². The molecule has 0 unspecified atom stereocenters. The maximum atomic E-state index is 12.8. The first kappa shape index (κ1) is 28.6. The van der Waals surface area contributed by atoms with Crippen LogP contribution in [0.1, 0.15) is 73.2 Å². The van der Waals surface area contributed by atoms with Crippen molar-refractivity contribution in [1.82, 2.24) is 14.9 Å². The summed E-state index contributed by atoms with van der Waals surface area (Å²) in [5.74, 6) is 1.55. The lowest BCUT2D eigenvalue weighted by Gasteiger charge is -2.32. The first-order valence-electron chi connectivity index (χ1n) is 14.8. The van der Waals surface area contributed by atoms with Gasteiger partial charge in [-0.3, -0.25) is 0 Å². The van der Waals surface area contributed by atoms with E-state index < -0.39 is 23.9 Å². The van der Waals surface area contributed by atoms with Crippen LogP contribution in [0.15, 0.2) is 42.5 Å². The average molecular weight is 570 g/mol. The molecule has 1 aromatic heterocycles. The molecule has 0 atom stereocenters. The normalized spacial score (nSPS) is 17.2. The molecule has 3 aromatic carbocycles. The van der Waals surface area contributed by atoms with Gasteiger partial charge < -0.3 is 28.7 Å². The first-order valence-corrected chi connectivity index (χ1v) is 14.8. The number of rotatable bonds is 5. The molecule has 1 fully saturated rings. The van der Waals surface area contributed by atoms with E-state index in [9.17, 15) is 4.79 Å². The van der Waals surface area contributed by atoms with Gasteiger partial charge in [-0.1, -0.05) is 31.2 Å². The van der Waals surface area contributed by atoms with Crippen LogP contribution in [0, 0.1) is 0 Å². The van der Waals surface area contributed by atoms with E-state index in [1.807, 2.05) is 33.8 Å². The molecule has 9 heteroatoms. The summed E-state index contributed by atoms with van der Waals surface area (Å²) in [7, 11) is -0.413. The molecule has 4 aromatic rings. The Balaban J connectivity index is 1.31. The van der Waals surface area contributed by atoms with Crippen LogP contribution < -0.4 is 10.2 Å². The van der Waals surface area contributed by atoms with Gasteiger partial charge in [-0.05, 0) is 95.1 Å². The fourth-order valence-corrected chi connectivity index (χ4v) is 5.57. The number of fused-ring (bicyclic) bond motifs is 6. The molecule has 2 aliphatic rings. The molecule has 42 heavy (non-hydrogen) atoms. The van der Waals surface area contributed by atoms with Gasteiger partial charge in [0.1, 0.15) is 23.8 Å². The van der Waals surface area contributed by atoms with Gasteiger partial charge in [0, 0.05) is 17.5 Å². The van der Waals surface area contributed by atoms with E-state index >= 15 is 0 Å². The number of imidazole rings is 1. The fourth-order valence-electron chi connectivity index (χ4n) is 5.57. The predicted molar refractivity (Wildman–Crippen MR) is 166 cm³/mol. The Morgan fingerprint density at radius 1 is 1.05 bits per heavy atom. The van der Waals surface area contributed by atoms with Crippen LogP contribution in [-0.2, 0) is 27.2 Å². The minimum absolute atomic E-state index is 0.336. The smallest absolute Gasteiger partial charge is 0.488 e. The summed E-state index contributed by atoms with van der Waals surface area (Å²) in [6, 6.07) is 14.8. The summed E-state index contributed by atoms with van der Waals surface area (Å²) in [4.78, 5) is 22.9. The molecule has 0 spiro atoms. The van der Waals surface area contributed by atoms with Crippen molar-refractivity contribution < 1.29 is 23.6 Å². The Kier molecular flexibility index (Phi) is 6.81. The lowest BCUT2D eigenvalue weighted by molar-refractivity contribution is 0.00578. The summed E-state index contributed by atoms with van der Waals surface area (Å²) in [5.41, 5.74) is 4.74. The Labute approximate surface area is 247 Å². The highest BCUT2D eigenvalue weighted by Crippen LogP contribution is 2.42. The van der Waals surface area contributed by atoms with E-state index in [0.717, 1.165) is 62.0 Å². The monoisotopic (exact) mass is 569 g/mol. The standard InChI is InChI=1S/C33H40BN3O5/c1-9-14-37(30(38)40-31(2,3)4)18-28-35-26-13-10-20-16-25-23-12-11-22(34-41-32(5,6)33(7,8)42-34)15-21(23)19-39-27(25)17-24(20)29(26)36-28/h10-13,15-17H,9,14,18-19H2,1-8H3,(H,35,36). The number of nitrogens with zero attached hydrogens (tertiary/aromatic N) is 2. The number of amides is 1. The Morgan fingerprint density at radius 3 is 2.48 bits per heavy atom. The topological polar surface area (TPSA) is 85.9 Å². The van der Waals surface area contributed by atoms with E-state index in [0.29, 0.717) is 19.7 Å². The van der Waals surface area contributed by atoms with Crippen molar-refractivity contribution in [2.24, 2.45) is 0 Å². The third-order valence-electron chi connectivity index (χ3n) is 8.43. The maximum Gasteiger partial charge on any atom is 0.494 e. The van der Waals surface area contributed by atoms with E-state index in [4.69, 9.17) is 23.8 Å². The summed E-state index contributed by atoms with van der Waals surface area (Å²) >= 11 is 0. The molecule has 0 radical (unpaired) electrons. The molecule has 3 heterocycles. The molecule has 1 saturated heterocycles. The van der Waals surface area contributed by atoms with Crippen molar-refractivity contribution in [3.8, 4) is 16.9 Å². The number of benzene rings is 3. The van der Waals surface area contributed by atoms with Crippen LogP contribution >= 0.6 is 0 Å². The predicted octanol–water partition coefficient (Wildman–Crippen LogP) is 6.72. The number of hydrogen-bond acceptors (Lipinski definition) is 6. The Morgan fingerprint density at radius 2 is 1.79 bits per heavy atom. The van der Waals surface area contributed by atoms with Gasteiger partial charge in [-0.25, -0.2) is 9.78 Å². The molecule has 0 bridgehead atoms. The number of aromatic nitrogens is 2. The van der Waals surface area contributed by atoms with Gasteiger partial charge in [0.25, 0.3) is 0 Å². The number of H-pyrrole nitrogens is 1. The highest BCUT2D eigenvalue weighted by molar-refractivity contribution is 6.62. The van der Waals surface area contributed by atoms with Crippen LogP contribution in [0.4, 0.5) is 4.79 Å². The number of carbonyl (C=O) groups excluding carboxylic acids is 1. The molecular weight excluding hydrogens is 529 g/mol. The van der Waals surface area contributed by atoms with Gasteiger partial charge in [0.2, 0.25) is 0 Å². The van der Waals surface area contributed by atoms with Crippen LogP contribution in [0.5, 0.6) is 5.75 Å². The van der Waals surface area contributed by atoms with Crippen molar-refractivity contribution >= 4 is 40.5 Å². The third kappa shape index (κ3) is 5.13. The van der Waals surface area contributed by atoms with E-state index in [1.165, 1.54) is 0 Å². The minimum Gasteiger partial charge on any atom is -0.488 e. The number of ether oxygens (including phenoxy) is 2. The van der Waals surface area contributed by atoms with Crippen molar-refractivity contribution in [1.29, 1.82) is 0 Å². The zero-order valence-corrected chi connectivity index (χ0v) is 25.9. The average Bonchev–Trinajstić information content (AvgIpc) is 3.42. The second kappa shape index (κ2) is 10.0. The van der Waals surface area contributed by atoms with E-state index in [2.05, 4.69) is 69.1 Å². The molecule has 2 aliphatic heterocycles. The van der Waals surface area contributed by atoms with Crippen molar-refractivity contribution in [2.75, 3.05) is 6.54 Å². The van der Waals surface area contributed by atoms with Gasteiger partial charge in [0.05, 0.1) is 28.8 Å². The number of hydrogen-bond donors (Lipinski definition) is 1. The Bertz CT molecular complexity index is 1670. The SMILES string of the molecule is CCCN(Cc1nc2c(ccc3cc4c(cc32)OCc2cc(B3OC(C)(C)C(C)(C)O3)ccc2-4)[nH]1)C(=O)OC(C)(C)C. The second-order valence-corrected chi connectivity index (χ2v) is 13.4. The van der Waals surface area contributed by atoms with Gasteiger partial charge >= 0.3 is 13.2 Å². The Hall–Kier alpha value is -3.56. The highest BCUT2D eigenvalue weighted by Gasteiger charge is 2.51. The lowest BCUT2D eigenvalue weighted by atomic mass is 9.77. The van der Waals surface area contributed by atoms with Crippen LogP contribution in [0.3, 0.4) is 0 Å². The summed E-state index contributed by atoms with van der Waals surface area (Å²) in [6.07, 6.45) is 0.489. The quantitative estimate of drug-likeness (QED) is 0.269. The minimum atomic E-state index is -0.557. The molecular formula is C33H40BN3O5. The van der Waals surface area contributed by atoms with Crippen LogP contribution in [0.2, 0.25) is 0 Å². The largest absolute Gasteiger partial charge is 0.494 e. The van der Waals surface area contributed by atoms with Crippen LogP contribution in [-0.4, -0.2) is 51.4 Å². The van der Waals surface area contributed by atoms with Crippen molar-refractivity contribution in [3.05, 3.63) is 53.9 Å².